The summed E-state index contributed by atoms with van der Waals surface area (Å²) in [6, 6.07) is 11.2. The van der Waals surface area contributed by atoms with Gasteiger partial charge in [0.05, 0.1) is 12.2 Å². The SMILES string of the molecule is Fc1cccc(N2CCC[C@]3(CN(Cc4cccs4)CCO3)C2)c1. The lowest BCUT2D eigenvalue weighted by molar-refractivity contribution is -0.116. The summed E-state index contributed by atoms with van der Waals surface area (Å²) in [6.07, 6.45) is 2.17. The fourth-order valence-electron chi connectivity index (χ4n) is 3.92. The third-order valence-corrected chi connectivity index (χ3v) is 5.86. The summed E-state index contributed by atoms with van der Waals surface area (Å²) in [5.41, 5.74) is 0.841. The smallest absolute Gasteiger partial charge is 0.125 e. The molecule has 2 fully saturated rings. The second-order valence-electron chi connectivity index (χ2n) is 6.83. The Labute approximate surface area is 146 Å². The number of rotatable bonds is 3. The molecule has 5 heteroatoms. The van der Waals surface area contributed by atoms with E-state index in [-0.39, 0.29) is 11.4 Å². The van der Waals surface area contributed by atoms with E-state index in [0.29, 0.717) is 0 Å². The number of ether oxygens (including phenoxy) is 1. The molecule has 2 saturated heterocycles. The van der Waals surface area contributed by atoms with Crippen LogP contribution in [0.1, 0.15) is 17.7 Å². The van der Waals surface area contributed by atoms with Gasteiger partial charge < -0.3 is 9.64 Å². The summed E-state index contributed by atoms with van der Waals surface area (Å²) in [4.78, 5) is 6.19. The van der Waals surface area contributed by atoms with Gasteiger partial charge in [0.1, 0.15) is 5.82 Å². The number of nitrogens with zero attached hydrogens (tertiary/aromatic N) is 2. The molecule has 0 aliphatic carbocycles. The van der Waals surface area contributed by atoms with Crippen molar-refractivity contribution in [3.8, 4) is 0 Å². The Balaban J connectivity index is 1.47. The first-order valence-electron chi connectivity index (χ1n) is 8.62. The van der Waals surface area contributed by atoms with E-state index in [2.05, 4.69) is 27.3 Å². The zero-order chi connectivity index (χ0) is 16.4. The largest absolute Gasteiger partial charge is 0.370 e. The maximum atomic E-state index is 13.6. The van der Waals surface area contributed by atoms with E-state index in [0.717, 1.165) is 57.9 Å². The third-order valence-electron chi connectivity index (χ3n) is 5.00. The van der Waals surface area contributed by atoms with E-state index in [1.807, 2.05) is 17.4 Å². The predicted molar refractivity (Wildman–Crippen MR) is 96.1 cm³/mol. The van der Waals surface area contributed by atoms with Crippen LogP contribution in [0.4, 0.5) is 10.1 Å². The summed E-state index contributed by atoms with van der Waals surface area (Å²) in [7, 11) is 0. The van der Waals surface area contributed by atoms with Crippen molar-refractivity contribution in [3.63, 3.8) is 0 Å². The van der Waals surface area contributed by atoms with Crippen LogP contribution in [0.25, 0.3) is 0 Å². The van der Waals surface area contributed by atoms with Crippen molar-refractivity contribution in [2.24, 2.45) is 0 Å². The van der Waals surface area contributed by atoms with Crippen molar-refractivity contribution in [2.45, 2.75) is 25.0 Å². The molecule has 1 atom stereocenters. The van der Waals surface area contributed by atoms with Crippen LogP contribution in [0.5, 0.6) is 0 Å². The molecule has 0 radical (unpaired) electrons. The van der Waals surface area contributed by atoms with Gasteiger partial charge in [0.2, 0.25) is 0 Å². The van der Waals surface area contributed by atoms with Crippen LogP contribution in [-0.2, 0) is 11.3 Å². The molecule has 0 N–H and O–H groups in total. The monoisotopic (exact) mass is 346 g/mol. The Morgan fingerprint density at radius 2 is 2.12 bits per heavy atom. The predicted octanol–water partition coefficient (Wildman–Crippen LogP) is 3.76. The van der Waals surface area contributed by atoms with Gasteiger partial charge in [0.25, 0.3) is 0 Å². The van der Waals surface area contributed by atoms with Crippen LogP contribution in [0.2, 0.25) is 0 Å². The van der Waals surface area contributed by atoms with Crippen molar-refractivity contribution >= 4 is 17.0 Å². The first-order chi connectivity index (χ1) is 11.7. The maximum Gasteiger partial charge on any atom is 0.125 e. The van der Waals surface area contributed by atoms with Crippen molar-refractivity contribution in [1.29, 1.82) is 0 Å². The lowest BCUT2D eigenvalue weighted by Gasteiger charge is -2.48. The van der Waals surface area contributed by atoms with Gasteiger partial charge in [-0.1, -0.05) is 12.1 Å². The summed E-state index contributed by atoms with van der Waals surface area (Å²) in [6.45, 7) is 5.54. The number of hydrogen-bond acceptors (Lipinski definition) is 4. The number of halogens is 1. The Hall–Kier alpha value is -1.43. The molecule has 3 nitrogen and oxygen atoms in total. The minimum absolute atomic E-state index is 0.125. The minimum atomic E-state index is -0.170. The summed E-state index contributed by atoms with van der Waals surface area (Å²) < 4.78 is 19.8. The molecule has 128 valence electrons. The Bertz CT molecular complexity index is 674. The second kappa shape index (κ2) is 6.82. The quantitative estimate of drug-likeness (QED) is 0.842. The molecule has 1 spiro atoms. The van der Waals surface area contributed by atoms with Crippen LogP contribution >= 0.6 is 11.3 Å². The van der Waals surface area contributed by atoms with E-state index in [1.54, 1.807) is 12.1 Å². The van der Waals surface area contributed by atoms with Crippen LogP contribution in [0, 0.1) is 5.82 Å². The van der Waals surface area contributed by atoms with Gasteiger partial charge in [-0.3, -0.25) is 4.90 Å². The van der Waals surface area contributed by atoms with Crippen LogP contribution < -0.4 is 4.90 Å². The first kappa shape index (κ1) is 16.1. The molecule has 2 aliphatic rings. The normalized spacial score (nSPS) is 25.3. The number of piperidine rings is 1. The second-order valence-corrected chi connectivity index (χ2v) is 7.86. The molecule has 0 amide bonds. The zero-order valence-electron chi connectivity index (χ0n) is 13.8. The summed E-state index contributed by atoms with van der Waals surface area (Å²) in [5, 5.41) is 2.14. The highest BCUT2D eigenvalue weighted by Gasteiger charge is 2.40. The standard InChI is InChI=1S/C19H23FN2OS/c20-16-4-1-5-17(12-16)22-8-3-7-19(15-22)14-21(9-10-23-19)13-18-6-2-11-24-18/h1-2,4-6,11-12H,3,7-10,13-15H2/t19-/m0/s1. The Kier molecular flexibility index (Phi) is 4.57. The fourth-order valence-corrected chi connectivity index (χ4v) is 4.67. The number of benzene rings is 1. The summed E-state index contributed by atoms with van der Waals surface area (Å²) in [5.74, 6) is -0.170. The number of thiophene rings is 1. The topological polar surface area (TPSA) is 15.7 Å². The molecule has 3 heterocycles. The Morgan fingerprint density at radius 3 is 2.96 bits per heavy atom. The highest BCUT2D eigenvalue weighted by Crippen LogP contribution is 2.32. The van der Waals surface area contributed by atoms with Crippen LogP contribution in [-0.4, -0.2) is 43.3 Å². The van der Waals surface area contributed by atoms with Gasteiger partial charge in [-0.15, -0.1) is 11.3 Å². The van der Waals surface area contributed by atoms with Crippen molar-refractivity contribution in [2.75, 3.05) is 37.7 Å². The molecule has 24 heavy (non-hydrogen) atoms. The van der Waals surface area contributed by atoms with Gasteiger partial charge in [-0.25, -0.2) is 4.39 Å². The van der Waals surface area contributed by atoms with E-state index < -0.39 is 0 Å². The number of morpholine rings is 1. The molecule has 0 unspecified atom stereocenters. The van der Waals surface area contributed by atoms with E-state index >= 15 is 0 Å². The number of anilines is 1. The van der Waals surface area contributed by atoms with Crippen LogP contribution in [0.15, 0.2) is 41.8 Å². The molecule has 0 bridgehead atoms. The molecule has 1 aromatic carbocycles. The van der Waals surface area contributed by atoms with Gasteiger partial charge in [-0.2, -0.15) is 0 Å². The van der Waals surface area contributed by atoms with Crippen molar-refractivity contribution < 1.29 is 9.13 Å². The molecule has 1 aromatic heterocycles. The lowest BCUT2D eigenvalue weighted by atomic mass is 9.90. The van der Waals surface area contributed by atoms with E-state index in [4.69, 9.17) is 4.74 Å². The first-order valence-corrected chi connectivity index (χ1v) is 9.50. The zero-order valence-corrected chi connectivity index (χ0v) is 14.6. The van der Waals surface area contributed by atoms with Gasteiger partial charge in [0, 0.05) is 43.3 Å². The van der Waals surface area contributed by atoms with Crippen molar-refractivity contribution in [1.82, 2.24) is 4.90 Å². The molecular formula is C19H23FN2OS. The maximum absolute atomic E-state index is 13.6. The summed E-state index contributed by atoms with van der Waals surface area (Å²) >= 11 is 1.82. The van der Waals surface area contributed by atoms with Crippen molar-refractivity contribution in [3.05, 3.63) is 52.5 Å². The van der Waals surface area contributed by atoms with Gasteiger partial charge in [0.15, 0.2) is 0 Å². The van der Waals surface area contributed by atoms with Gasteiger partial charge in [-0.05, 0) is 42.5 Å². The third kappa shape index (κ3) is 3.48. The average Bonchev–Trinajstić information content (AvgIpc) is 3.08. The molecular weight excluding hydrogens is 323 g/mol. The minimum Gasteiger partial charge on any atom is -0.370 e. The highest BCUT2D eigenvalue weighted by atomic mass is 32.1. The Morgan fingerprint density at radius 1 is 1.17 bits per heavy atom. The van der Waals surface area contributed by atoms with E-state index in [9.17, 15) is 4.39 Å². The molecule has 2 aliphatic heterocycles. The highest BCUT2D eigenvalue weighted by molar-refractivity contribution is 7.09. The fraction of sp³-hybridized carbons (Fsp3) is 0.474. The lowest BCUT2D eigenvalue weighted by Crippen LogP contribution is -2.59. The van der Waals surface area contributed by atoms with Crippen LogP contribution in [0.3, 0.4) is 0 Å². The molecule has 0 saturated carbocycles. The molecule has 4 rings (SSSR count). The average molecular weight is 346 g/mol. The molecule has 2 aromatic rings. The number of hydrogen-bond donors (Lipinski definition) is 0. The van der Waals surface area contributed by atoms with Gasteiger partial charge >= 0.3 is 0 Å². The van der Waals surface area contributed by atoms with E-state index in [1.165, 1.54) is 10.9 Å².